The van der Waals surface area contributed by atoms with E-state index >= 15 is 0 Å². The quantitative estimate of drug-likeness (QED) is 0.733. The van der Waals surface area contributed by atoms with Crippen molar-refractivity contribution in [2.45, 2.75) is 37.9 Å². The van der Waals surface area contributed by atoms with Crippen LogP contribution in [0.25, 0.3) is 0 Å². The molecule has 1 fully saturated rings. The number of hydrogen-bond donors (Lipinski definition) is 0. The smallest absolute Gasteiger partial charge is 0.333 e. The molecule has 162 valence electrons. The molecule has 0 aliphatic carbocycles. The van der Waals surface area contributed by atoms with Crippen LogP contribution in [0.3, 0.4) is 0 Å². The first-order valence-electron chi connectivity index (χ1n) is 9.33. The van der Waals surface area contributed by atoms with Crippen LogP contribution in [0, 0.1) is 13.8 Å². The zero-order chi connectivity index (χ0) is 22.3. The van der Waals surface area contributed by atoms with Crippen molar-refractivity contribution in [2.75, 3.05) is 19.6 Å². The SMILES string of the molecule is Cc1ccc(C(=O)N2CCN(S(=O)(=O)c3cc(C(F)(F)F)ccc3C)CC2C)cn1. The summed E-state index contributed by atoms with van der Waals surface area (Å²) in [5, 5.41) is 0. The molecule has 1 aliphatic heterocycles. The third kappa shape index (κ3) is 4.34. The van der Waals surface area contributed by atoms with Gasteiger partial charge in [-0.3, -0.25) is 9.78 Å². The van der Waals surface area contributed by atoms with E-state index in [1.807, 2.05) is 0 Å². The first kappa shape index (κ1) is 22.2. The molecular weight excluding hydrogens is 419 g/mol. The summed E-state index contributed by atoms with van der Waals surface area (Å²) in [6.45, 7) is 5.08. The van der Waals surface area contributed by atoms with E-state index in [1.165, 1.54) is 13.1 Å². The fraction of sp³-hybridized carbons (Fsp3) is 0.400. The number of hydrogen-bond acceptors (Lipinski definition) is 4. The zero-order valence-electron chi connectivity index (χ0n) is 16.8. The largest absolute Gasteiger partial charge is 0.416 e. The van der Waals surface area contributed by atoms with Gasteiger partial charge in [0.25, 0.3) is 5.91 Å². The Balaban J connectivity index is 1.82. The van der Waals surface area contributed by atoms with Crippen molar-refractivity contribution < 1.29 is 26.4 Å². The lowest BCUT2D eigenvalue weighted by Gasteiger charge is -2.39. The summed E-state index contributed by atoms with van der Waals surface area (Å²) >= 11 is 0. The van der Waals surface area contributed by atoms with Crippen molar-refractivity contribution in [1.29, 1.82) is 0 Å². The van der Waals surface area contributed by atoms with Gasteiger partial charge in [0.1, 0.15) is 0 Å². The van der Waals surface area contributed by atoms with Crippen molar-refractivity contribution in [3.8, 4) is 0 Å². The number of nitrogens with zero attached hydrogens (tertiary/aromatic N) is 3. The van der Waals surface area contributed by atoms with Gasteiger partial charge >= 0.3 is 6.18 Å². The summed E-state index contributed by atoms with van der Waals surface area (Å²) in [7, 11) is -4.14. The van der Waals surface area contributed by atoms with Gasteiger partial charge in [0.15, 0.2) is 0 Å². The highest BCUT2D eigenvalue weighted by Crippen LogP contribution is 2.33. The number of rotatable bonds is 3. The van der Waals surface area contributed by atoms with Gasteiger partial charge in [0.2, 0.25) is 10.0 Å². The number of halogens is 3. The van der Waals surface area contributed by atoms with E-state index in [0.717, 1.165) is 22.1 Å². The Kier molecular flexibility index (Phi) is 5.92. The molecule has 0 N–H and O–H groups in total. The maximum absolute atomic E-state index is 13.1. The summed E-state index contributed by atoms with van der Waals surface area (Å²) in [4.78, 5) is 18.0. The van der Waals surface area contributed by atoms with E-state index in [4.69, 9.17) is 0 Å². The van der Waals surface area contributed by atoms with Gasteiger partial charge < -0.3 is 4.90 Å². The summed E-state index contributed by atoms with van der Waals surface area (Å²) in [5.74, 6) is -0.262. The molecule has 1 saturated heterocycles. The van der Waals surface area contributed by atoms with Gasteiger partial charge in [-0.15, -0.1) is 0 Å². The predicted molar refractivity (Wildman–Crippen MR) is 104 cm³/mol. The first-order valence-corrected chi connectivity index (χ1v) is 10.8. The zero-order valence-corrected chi connectivity index (χ0v) is 17.6. The highest BCUT2D eigenvalue weighted by atomic mass is 32.2. The lowest BCUT2D eigenvalue weighted by Crippen LogP contribution is -2.55. The predicted octanol–water partition coefficient (Wildman–Crippen LogP) is 3.25. The van der Waals surface area contributed by atoms with Gasteiger partial charge in [-0.1, -0.05) is 6.07 Å². The van der Waals surface area contributed by atoms with Gasteiger partial charge in [0.05, 0.1) is 16.0 Å². The minimum Gasteiger partial charge on any atom is -0.333 e. The van der Waals surface area contributed by atoms with Crippen LogP contribution >= 0.6 is 0 Å². The number of carbonyl (C=O) groups excluding carboxylic acids is 1. The molecule has 1 aromatic heterocycles. The van der Waals surface area contributed by atoms with Crippen molar-refractivity contribution in [1.82, 2.24) is 14.2 Å². The van der Waals surface area contributed by atoms with Crippen LogP contribution in [-0.2, 0) is 16.2 Å². The number of alkyl halides is 3. The van der Waals surface area contributed by atoms with Crippen LogP contribution in [0.2, 0.25) is 0 Å². The molecule has 1 aliphatic rings. The molecule has 3 rings (SSSR count). The van der Waals surface area contributed by atoms with Crippen LogP contribution in [0.4, 0.5) is 13.2 Å². The second-order valence-electron chi connectivity index (χ2n) is 7.38. The number of pyridine rings is 1. The van der Waals surface area contributed by atoms with E-state index < -0.39 is 27.8 Å². The topological polar surface area (TPSA) is 70.6 Å². The lowest BCUT2D eigenvalue weighted by molar-refractivity contribution is -0.137. The number of piperazine rings is 1. The van der Waals surface area contributed by atoms with Gasteiger partial charge in [-0.05, 0) is 50.6 Å². The molecular formula is C20H22F3N3O3S. The van der Waals surface area contributed by atoms with Crippen molar-refractivity contribution >= 4 is 15.9 Å². The van der Waals surface area contributed by atoms with Crippen LogP contribution in [0.1, 0.15) is 34.1 Å². The molecule has 2 aromatic rings. The van der Waals surface area contributed by atoms with Crippen molar-refractivity contribution in [3.63, 3.8) is 0 Å². The Morgan fingerprint density at radius 1 is 1.13 bits per heavy atom. The summed E-state index contributed by atoms with van der Waals surface area (Å²) < 4.78 is 66.4. The van der Waals surface area contributed by atoms with Crippen LogP contribution < -0.4 is 0 Å². The number of benzene rings is 1. The molecule has 0 spiro atoms. The molecule has 0 bridgehead atoms. The second-order valence-corrected chi connectivity index (χ2v) is 9.28. The average molecular weight is 441 g/mol. The average Bonchev–Trinajstić information content (AvgIpc) is 2.67. The van der Waals surface area contributed by atoms with Crippen molar-refractivity contribution in [2.24, 2.45) is 0 Å². The molecule has 10 heteroatoms. The molecule has 1 atom stereocenters. The molecule has 0 radical (unpaired) electrons. The molecule has 6 nitrogen and oxygen atoms in total. The summed E-state index contributed by atoms with van der Waals surface area (Å²) in [6, 6.07) is 5.62. The Bertz CT molecular complexity index is 1050. The van der Waals surface area contributed by atoms with Crippen LogP contribution in [0.15, 0.2) is 41.4 Å². The monoisotopic (exact) mass is 441 g/mol. The minimum absolute atomic E-state index is 0.00656. The maximum atomic E-state index is 13.1. The molecule has 30 heavy (non-hydrogen) atoms. The van der Waals surface area contributed by atoms with Gasteiger partial charge in [0, 0.05) is 37.6 Å². The number of sulfonamides is 1. The molecule has 1 unspecified atom stereocenters. The Hall–Kier alpha value is -2.46. The molecule has 0 saturated carbocycles. The second kappa shape index (κ2) is 7.99. The van der Waals surface area contributed by atoms with E-state index in [9.17, 15) is 26.4 Å². The fourth-order valence-corrected chi connectivity index (χ4v) is 5.16. The Morgan fingerprint density at radius 3 is 2.40 bits per heavy atom. The number of carbonyl (C=O) groups is 1. The molecule has 2 heterocycles. The lowest BCUT2D eigenvalue weighted by atomic mass is 10.1. The Labute approximate surface area is 173 Å². The van der Waals surface area contributed by atoms with E-state index in [2.05, 4.69) is 4.98 Å². The first-order chi connectivity index (χ1) is 13.9. The van der Waals surface area contributed by atoms with Crippen LogP contribution in [0.5, 0.6) is 0 Å². The number of amides is 1. The van der Waals surface area contributed by atoms with Crippen molar-refractivity contribution in [3.05, 3.63) is 58.9 Å². The number of aromatic nitrogens is 1. The van der Waals surface area contributed by atoms with Crippen LogP contribution in [-0.4, -0.2) is 54.2 Å². The summed E-state index contributed by atoms with van der Waals surface area (Å²) in [5.41, 5.74) is 0.393. The number of aryl methyl sites for hydroxylation is 2. The summed E-state index contributed by atoms with van der Waals surface area (Å²) in [6.07, 6.45) is -3.17. The highest BCUT2D eigenvalue weighted by molar-refractivity contribution is 7.89. The Morgan fingerprint density at radius 2 is 1.83 bits per heavy atom. The van der Waals surface area contributed by atoms with Gasteiger partial charge in [-0.2, -0.15) is 17.5 Å². The van der Waals surface area contributed by atoms with Gasteiger partial charge in [-0.25, -0.2) is 8.42 Å². The third-order valence-corrected chi connectivity index (χ3v) is 7.15. The van der Waals surface area contributed by atoms with E-state index in [0.29, 0.717) is 11.6 Å². The maximum Gasteiger partial charge on any atom is 0.416 e. The van der Waals surface area contributed by atoms with E-state index in [1.54, 1.807) is 30.9 Å². The van der Waals surface area contributed by atoms with E-state index in [-0.39, 0.29) is 36.0 Å². The third-order valence-electron chi connectivity index (χ3n) is 5.14. The fourth-order valence-electron chi connectivity index (χ4n) is 3.40. The molecule has 1 amide bonds. The minimum atomic E-state index is -4.64. The molecule has 1 aromatic carbocycles. The normalized spacial score (nSPS) is 18.5. The standard InChI is InChI=1S/C20H22F3N3O3S/c1-13-4-7-17(20(21,22)23)10-18(13)30(28,29)25-8-9-26(15(3)12-25)19(27)16-6-5-14(2)24-11-16/h4-7,10-11,15H,8-9,12H2,1-3H3. The highest BCUT2D eigenvalue weighted by Gasteiger charge is 2.37.